The fraction of sp³-hybridized carbons (Fsp3) is 0.438. The molecule has 0 radical (unpaired) electrons. The molecule has 116 valence electrons. The Morgan fingerprint density at radius 1 is 1.36 bits per heavy atom. The minimum Gasteiger partial charge on any atom is -0.479 e. The van der Waals surface area contributed by atoms with Crippen LogP contribution in [0.2, 0.25) is 0 Å². The van der Waals surface area contributed by atoms with Crippen LogP contribution >= 0.6 is 0 Å². The molecule has 0 aromatic heterocycles. The molecule has 2 heterocycles. The first-order valence-corrected chi connectivity index (χ1v) is 7.46. The number of carbonyl (C=O) groups is 3. The number of nitrogens with zero attached hydrogens (tertiary/aromatic N) is 1. The summed E-state index contributed by atoms with van der Waals surface area (Å²) in [5.41, 5.74) is 0.811. The quantitative estimate of drug-likeness (QED) is 0.811. The Bertz CT molecular complexity index is 670. The summed E-state index contributed by atoms with van der Waals surface area (Å²) in [5, 5.41) is 12.1. The van der Waals surface area contributed by atoms with Crippen LogP contribution in [-0.2, 0) is 27.2 Å². The molecule has 6 nitrogen and oxygen atoms in total. The number of aliphatic carboxylic acids is 1. The van der Waals surface area contributed by atoms with Crippen molar-refractivity contribution in [2.45, 2.75) is 38.1 Å². The molecule has 0 aliphatic carbocycles. The van der Waals surface area contributed by atoms with Gasteiger partial charge < -0.3 is 15.3 Å². The average molecular weight is 302 g/mol. The highest BCUT2D eigenvalue weighted by atomic mass is 16.4. The number of aryl methyl sites for hydroxylation is 1. The molecule has 3 rings (SSSR count). The van der Waals surface area contributed by atoms with Crippen molar-refractivity contribution in [2.75, 3.05) is 11.4 Å². The minimum absolute atomic E-state index is 0.00736. The molecule has 22 heavy (non-hydrogen) atoms. The Balaban J connectivity index is 2.13. The molecule has 0 fully saturated rings. The Kier molecular flexibility index (Phi) is 3.39. The number of hydrogen-bond donors (Lipinski definition) is 2. The molecule has 0 saturated carbocycles. The zero-order valence-corrected chi connectivity index (χ0v) is 12.4. The lowest BCUT2D eigenvalue weighted by Gasteiger charge is -2.43. The zero-order valence-electron chi connectivity index (χ0n) is 12.4. The van der Waals surface area contributed by atoms with Gasteiger partial charge in [0.2, 0.25) is 11.4 Å². The molecule has 2 aliphatic heterocycles. The Morgan fingerprint density at radius 3 is 2.77 bits per heavy atom. The number of benzene rings is 1. The van der Waals surface area contributed by atoms with Crippen molar-refractivity contribution in [3.63, 3.8) is 0 Å². The molecule has 1 atom stereocenters. The standard InChI is InChI=1S/C16H18N2O4/c1-2-12(19)17-16(15(21)22)9-11-6-3-5-10-7-4-8-18(13(10)11)14(16)20/h3,5-6H,2,4,7-9H2,1H3,(H,17,19)(H,21,22). The number of carbonyl (C=O) groups excluding carboxylic acids is 2. The number of nitrogens with one attached hydrogen (secondary N) is 1. The first kappa shape index (κ1) is 14.6. The van der Waals surface area contributed by atoms with Gasteiger partial charge in [0.25, 0.3) is 5.91 Å². The van der Waals surface area contributed by atoms with E-state index in [9.17, 15) is 19.5 Å². The number of anilines is 1. The van der Waals surface area contributed by atoms with Crippen LogP contribution in [0.5, 0.6) is 0 Å². The fourth-order valence-electron chi connectivity index (χ4n) is 3.31. The van der Waals surface area contributed by atoms with E-state index in [4.69, 9.17) is 0 Å². The third kappa shape index (κ3) is 1.98. The average Bonchev–Trinajstić information content (AvgIpc) is 2.51. The van der Waals surface area contributed by atoms with E-state index < -0.39 is 23.3 Å². The highest BCUT2D eigenvalue weighted by Gasteiger charge is 2.54. The largest absolute Gasteiger partial charge is 0.479 e. The van der Waals surface area contributed by atoms with Gasteiger partial charge in [-0.15, -0.1) is 0 Å². The second-order valence-corrected chi connectivity index (χ2v) is 5.77. The minimum atomic E-state index is -1.89. The van der Waals surface area contributed by atoms with Crippen molar-refractivity contribution in [1.29, 1.82) is 0 Å². The SMILES string of the molecule is CCC(=O)NC1(C(=O)O)Cc2cccc3c2N(CCC3)C1=O. The summed E-state index contributed by atoms with van der Waals surface area (Å²) in [6.07, 6.45) is 1.80. The first-order valence-electron chi connectivity index (χ1n) is 7.46. The number of carboxylic acid groups (broad SMARTS) is 1. The Labute approximate surface area is 128 Å². The lowest BCUT2D eigenvalue weighted by Crippen LogP contribution is -2.68. The van der Waals surface area contributed by atoms with Crippen LogP contribution in [0, 0.1) is 0 Å². The van der Waals surface area contributed by atoms with E-state index in [0.29, 0.717) is 6.54 Å². The number of rotatable bonds is 3. The van der Waals surface area contributed by atoms with E-state index >= 15 is 0 Å². The summed E-state index contributed by atoms with van der Waals surface area (Å²) in [7, 11) is 0. The molecule has 2 N–H and O–H groups in total. The third-order valence-electron chi connectivity index (χ3n) is 4.41. The van der Waals surface area contributed by atoms with Gasteiger partial charge in [0.15, 0.2) is 0 Å². The molecule has 6 heteroatoms. The van der Waals surface area contributed by atoms with Crippen LogP contribution in [0.25, 0.3) is 0 Å². The van der Waals surface area contributed by atoms with Crippen LogP contribution in [0.1, 0.15) is 30.9 Å². The second kappa shape index (κ2) is 5.12. The van der Waals surface area contributed by atoms with Crippen molar-refractivity contribution in [1.82, 2.24) is 5.32 Å². The van der Waals surface area contributed by atoms with E-state index in [1.807, 2.05) is 18.2 Å². The van der Waals surface area contributed by atoms with Crippen LogP contribution in [0.15, 0.2) is 18.2 Å². The van der Waals surface area contributed by atoms with Crippen LogP contribution in [0.3, 0.4) is 0 Å². The zero-order chi connectivity index (χ0) is 15.9. The van der Waals surface area contributed by atoms with E-state index in [0.717, 1.165) is 29.7 Å². The van der Waals surface area contributed by atoms with Gasteiger partial charge in [-0.25, -0.2) is 4.79 Å². The molecular formula is C16H18N2O4. The van der Waals surface area contributed by atoms with E-state index in [1.54, 1.807) is 6.92 Å². The Morgan fingerprint density at radius 2 is 2.09 bits per heavy atom. The summed E-state index contributed by atoms with van der Waals surface area (Å²) in [5.74, 6) is -2.28. The summed E-state index contributed by atoms with van der Waals surface area (Å²) in [6, 6.07) is 5.68. The van der Waals surface area contributed by atoms with Crippen molar-refractivity contribution in [3.05, 3.63) is 29.3 Å². The van der Waals surface area contributed by atoms with Crippen molar-refractivity contribution in [3.8, 4) is 0 Å². The number of carboxylic acids is 1. The third-order valence-corrected chi connectivity index (χ3v) is 4.41. The van der Waals surface area contributed by atoms with Crippen molar-refractivity contribution < 1.29 is 19.5 Å². The number of para-hydroxylation sites is 1. The highest BCUT2D eigenvalue weighted by molar-refractivity contribution is 6.18. The molecule has 1 aromatic rings. The van der Waals surface area contributed by atoms with Crippen LogP contribution < -0.4 is 10.2 Å². The van der Waals surface area contributed by atoms with Crippen molar-refractivity contribution >= 4 is 23.5 Å². The van der Waals surface area contributed by atoms with Gasteiger partial charge >= 0.3 is 5.97 Å². The summed E-state index contributed by atoms with van der Waals surface area (Å²) >= 11 is 0. The maximum absolute atomic E-state index is 12.9. The topological polar surface area (TPSA) is 86.7 Å². The maximum atomic E-state index is 12.9. The molecule has 0 saturated heterocycles. The molecule has 0 spiro atoms. The lowest BCUT2D eigenvalue weighted by atomic mass is 9.81. The van der Waals surface area contributed by atoms with E-state index in [-0.39, 0.29) is 12.8 Å². The Hall–Kier alpha value is -2.37. The second-order valence-electron chi connectivity index (χ2n) is 5.77. The molecular weight excluding hydrogens is 284 g/mol. The molecule has 2 aliphatic rings. The molecule has 2 amide bonds. The fourth-order valence-corrected chi connectivity index (χ4v) is 3.31. The van der Waals surface area contributed by atoms with Gasteiger partial charge in [0, 0.05) is 19.4 Å². The summed E-state index contributed by atoms with van der Waals surface area (Å²) in [4.78, 5) is 38.0. The van der Waals surface area contributed by atoms with Gasteiger partial charge in [-0.2, -0.15) is 0 Å². The number of hydrogen-bond acceptors (Lipinski definition) is 3. The van der Waals surface area contributed by atoms with Gasteiger partial charge in [0.05, 0.1) is 5.69 Å². The summed E-state index contributed by atoms with van der Waals surface area (Å²) in [6.45, 7) is 2.12. The lowest BCUT2D eigenvalue weighted by molar-refractivity contribution is -0.153. The highest BCUT2D eigenvalue weighted by Crippen LogP contribution is 2.38. The normalized spacial score (nSPS) is 23.0. The number of amides is 2. The van der Waals surface area contributed by atoms with Gasteiger partial charge in [0.1, 0.15) is 0 Å². The molecule has 1 unspecified atom stereocenters. The van der Waals surface area contributed by atoms with Crippen LogP contribution in [0.4, 0.5) is 5.69 Å². The van der Waals surface area contributed by atoms with E-state index in [1.165, 1.54) is 4.90 Å². The predicted octanol–water partition coefficient (Wildman–Crippen LogP) is 0.871. The van der Waals surface area contributed by atoms with Gasteiger partial charge in [-0.1, -0.05) is 25.1 Å². The first-order chi connectivity index (χ1) is 10.5. The van der Waals surface area contributed by atoms with Gasteiger partial charge in [-0.05, 0) is 24.0 Å². The van der Waals surface area contributed by atoms with E-state index in [2.05, 4.69) is 5.32 Å². The van der Waals surface area contributed by atoms with Gasteiger partial charge in [-0.3, -0.25) is 9.59 Å². The maximum Gasteiger partial charge on any atom is 0.339 e. The molecule has 0 bridgehead atoms. The monoisotopic (exact) mass is 302 g/mol. The van der Waals surface area contributed by atoms with Crippen molar-refractivity contribution in [2.24, 2.45) is 0 Å². The summed E-state index contributed by atoms with van der Waals surface area (Å²) < 4.78 is 0. The smallest absolute Gasteiger partial charge is 0.339 e. The van der Waals surface area contributed by atoms with Crippen LogP contribution in [-0.4, -0.2) is 35.0 Å². The predicted molar refractivity (Wildman–Crippen MR) is 79.6 cm³/mol. The molecule has 1 aromatic carbocycles.